The first-order chi connectivity index (χ1) is 8.38. The van der Waals surface area contributed by atoms with Crippen LogP contribution in [0.15, 0.2) is 10.9 Å². The van der Waals surface area contributed by atoms with Gasteiger partial charge < -0.3 is 15.2 Å². The van der Waals surface area contributed by atoms with Crippen molar-refractivity contribution in [3.63, 3.8) is 0 Å². The molecule has 0 aromatic carbocycles. The SMILES string of the molecule is CC(NCCc1ncno1)C(=O)NCC(F)(F)F. The predicted molar refractivity (Wildman–Crippen MR) is 54.5 cm³/mol. The van der Waals surface area contributed by atoms with Crippen LogP contribution in [0.25, 0.3) is 0 Å². The van der Waals surface area contributed by atoms with Crippen LogP contribution in [0.4, 0.5) is 13.2 Å². The third kappa shape index (κ3) is 5.62. The zero-order valence-corrected chi connectivity index (χ0v) is 9.62. The fraction of sp³-hybridized carbons (Fsp3) is 0.667. The van der Waals surface area contributed by atoms with E-state index in [-0.39, 0.29) is 0 Å². The van der Waals surface area contributed by atoms with E-state index in [0.29, 0.717) is 18.9 Å². The third-order valence-electron chi connectivity index (χ3n) is 2.05. The Morgan fingerprint density at radius 2 is 2.28 bits per heavy atom. The highest BCUT2D eigenvalue weighted by molar-refractivity contribution is 5.81. The average Bonchev–Trinajstić information content (AvgIpc) is 2.77. The van der Waals surface area contributed by atoms with E-state index in [2.05, 4.69) is 15.5 Å². The molecule has 0 spiro atoms. The zero-order chi connectivity index (χ0) is 13.6. The van der Waals surface area contributed by atoms with Crippen LogP contribution in [0.2, 0.25) is 0 Å². The van der Waals surface area contributed by atoms with Crippen LogP contribution in [-0.2, 0) is 11.2 Å². The second-order valence-corrected chi connectivity index (χ2v) is 3.59. The fourth-order valence-corrected chi connectivity index (χ4v) is 1.13. The number of nitrogens with one attached hydrogen (secondary N) is 2. The van der Waals surface area contributed by atoms with Crippen LogP contribution in [0.1, 0.15) is 12.8 Å². The minimum absolute atomic E-state index is 0.350. The molecule has 6 nitrogen and oxygen atoms in total. The van der Waals surface area contributed by atoms with E-state index in [0.717, 1.165) is 0 Å². The van der Waals surface area contributed by atoms with Crippen molar-refractivity contribution in [2.75, 3.05) is 13.1 Å². The summed E-state index contributed by atoms with van der Waals surface area (Å²) in [5, 5.41) is 7.93. The second kappa shape index (κ2) is 6.34. The van der Waals surface area contributed by atoms with E-state index in [1.165, 1.54) is 13.3 Å². The maximum atomic E-state index is 11.9. The molecule has 0 aliphatic carbocycles. The van der Waals surface area contributed by atoms with Crippen LogP contribution in [-0.4, -0.2) is 41.4 Å². The molecule has 9 heteroatoms. The molecule has 2 N–H and O–H groups in total. The quantitative estimate of drug-likeness (QED) is 0.772. The lowest BCUT2D eigenvalue weighted by atomic mass is 10.3. The van der Waals surface area contributed by atoms with Gasteiger partial charge in [0.1, 0.15) is 6.54 Å². The van der Waals surface area contributed by atoms with E-state index in [1.54, 1.807) is 5.32 Å². The molecule has 1 rings (SSSR count). The normalized spacial score (nSPS) is 13.3. The maximum Gasteiger partial charge on any atom is 0.405 e. The molecular formula is C9H13F3N4O2. The Hall–Kier alpha value is -1.64. The number of amides is 1. The minimum atomic E-state index is -4.40. The van der Waals surface area contributed by atoms with E-state index in [4.69, 9.17) is 4.52 Å². The molecule has 1 unspecified atom stereocenters. The monoisotopic (exact) mass is 266 g/mol. The molecule has 1 amide bonds. The van der Waals surface area contributed by atoms with Gasteiger partial charge >= 0.3 is 6.18 Å². The number of rotatable bonds is 6. The van der Waals surface area contributed by atoms with Crippen molar-refractivity contribution in [3.8, 4) is 0 Å². The van der Waals surface area contributed by atoms with Gasteiger partial charge in [0, 0.05) is 13.0 Å². The molecule has 1 atom stereocenters. The molecule has 0 bridgehead atoms. The smallest absolute Gasteiger partial charge is 0.346 e. The average molecular weight is 266 g/mol. The standard InChI is InChI=1S/C9H13F3N4O2/c1-6(8(17)14-4-9(10,11)12)13-3-2-7-15-5-16-18-7/h5-6,13H,2-4H2,1H3,(H,14,17). The highest BCUT2D eigenvalue weighted by Crippen LogP contribution is 2.12. The first kappa shape index (κ1) is 14.4. The van der Waals surface area contributed by atoms with Gasteiger partial charge in [-0.3, -0.25) is 4.79 Å². The van der Waals surface area contributed by atoms with Gasteiger partial charge in [0.05, 0.1) is 6.04 Å². The van der Waals surface area contributed by atoms with Crippen LogP contribution < -0.4 is 10.6 Å². The van der Waals surface area contributed by atoms with Gasteiger partial charge in [0.25, 0.3) is 0 Å². The van der Waals surface area contributed by atoms with Crippen LogP contribution in [0.3, 0.4) is 0 Å². The highest BCUT2D eigenvalue weighted by atomic mass is 19.4. The van der Waals surface area contributed by atoms with Crippen molar-refractivity contribution in [1.82, 2.24) is 20.8 Å². The zero-order valence-electron chi connectivity index (χ0n) is 9.62. The summed E-state index contributed by atoms with van der Waals surface area (Å²) >= 11 is 0. The maximum absolute atomic E-state index is 11.9. The predicted octanol–water partition coefficient (Wildman–Crippen LogP) is 0.269. The highest BCUT2D eigenvalue weighted by Gasteiger charge is 2.28. The summed E-state index contributed by atoms with van der Waals surface area (Å²) in [5.41, 5.74) is 0. The molecule has 18 heavy (non-hydrogen) atoms. The summed E-state index contributed by atoms with van der Waals surface area (Å²) in [5.74, 6) is -0.316. The number of halogens is 3. The first-order valence-corrected chi connectivity index (χ1v) is 5.22. The Kier molecular flexibility index (Phi) is 5.08. The molecule has 0 fully saturated rings. The van der Waals surface area contributed by atoms with Gasteiger partial charge in [-0.25, -0.2) is 0 Å². The number of nitrogens with zero attached hydrogens (tertiary/aromatic N) is 2. The Bertz CT molecular complexity index is 366. The van der Waals surface area contributed by atoms with Crippen molar-refractivity contribution < 1.29 is 22.5 Å². The minimum Gasteiger partial charge on any atom is -0.346 e. The van der Waals surface area contributed by atoms with Gasteiger partial charge in [0.2, 0.25) is 11.8 Å². The fourth-order valence-electron chi connectivity index (χ4n) is 1.13. The molecule has 0 aliphatic rings. The van der Waals surface area contributed by atoms with Gasteiger partial charge in [-0.15, -0.1) is 0 Å². The number of hydrogen-bond acceptors (Lipinski definition) is 5. The molecule has 0 saturated heterocycles. The largest absolute Gasteiger partial charge is 0.405 e. The Balaban J connectivity index is 2.19. The van der Waals surface area contributed by atoms with Gasteiger partial charge in [-0.05, 0) is 6.92 Å². The molecule has 102 valence electrons. The number of carbonyl (C=O) groups excluding carboxylic acids is 1. The number of aromatic nitrogens is 2. The first-order valence-electron chi connectivity index (χ1n) is 5.22. The van der Waals surface area contributed by atoms with Crippen LogP contribution >= 0.6 is 0 Å². The molecule has 1 heterocycles. The second-order valence-electron chi connectivity index (χ2n) is 3.59. The lowest BCUT2D eigenvalue weighted by molar-refractivity contribution is -0.139. The number of alkyl halides is 3. The Labute approximate surface area is 101 Å². The van der Waals surface area contributed by atoms with Crippen molar-refractivity contribution >= 4 is 5.91 Å². The number of carbonyl (C=O) groups is 1. The lowest BCUT2D eigenvalue weighted by Gasteiger charge is -2.14. The summed E-state index contributed by atoms with van der Waals surface area (Å²) in [4.78, 5) is 15.0. The van der Waals surface area contributed by atoms with Crippen molar-refractivity contribution in [1.29, 1.82) is 0 Å². The van der Waals surface area contributed by atoms with Gasteiger partial charge in [-0.1, -0.05) is 5.16 Å². The Morgan fingerprint density at radius 1 is 1.56 bits per heavy atom. The van der Waals surface area contributed by atoms with E-state index in [1.807, 2.05) is 0 Å². The number of hydrogen-bond donors (Lipinski definition) is 2. The van der Waals surface area contributed by atoms with Gasteiger partial charge in [-0.2, -0.15) is 18.2 Å². The van der Waals surface area contributed by atoms with Gasteiger partial charge in [0.15, 0.2) is 6.33 Å². The van der Waals surface area contributed by atoms with E-state index < -0.39 is 24.7 Å². The molecule has 0 aliphatic heterocycles. The summed E-state index contributed by atoms with van der Waals surface area (Å²) in [7, 11) is 0. The van der Waals surface area contributed by atoms with Crippen LogP contribution in [0, 0.1) is 0 Å². The third-order valence-corrected chi connectivity index (χ3v) is 2.05. The summed E-state index contributed by atoms with van der Waals surface area (Å²) in [6, 6.07) is -0.727. The Morgan fingerprint density at radius 3 is 2.83 bits per heavy atom. The molecule has 0 saturated carbocycles. The summed E-state index contributed by atoms with van der Waals surface area (Å²) < 4.78 is 40.3. The summed E-state index contributed by atoms with van der Waals surface area (Å²) in [6.45, 7) is 0.490. The van der Waals surface area contributed by atoms with Crippen LogP contribution in [0.5, 0.6) is 0 Å². The van der Waals surface area contributed by atoms with E-state index >= 15 is 0 Å². The van der Waals surface area contributed by atoms with E-state index in [9.17, 15) is 18.0 Å². The molecule has 0 radical (unpaired) electrons. The van der Waals surface area contributed by atoms with Crippen molar-refractivity contribution in [2.45, 2.75) is 25.6 Å². The molecule has 1 aromatic heterocycles. The molecular weight excluding hydrogens is 253 g/mol. The summed E-state index contributed by atoms with van der Waals surface area (Å²) in [6.07, 6.45) is -2.76. The lowest BCUT2D eigenvalue weighted by Crippen LogP contribution is -2.45. The topological polar surface area (TPSA) is 80.1 Å². The molecule has 1 aromatic rings. The van der Waals surface area contributed by atoms with Crippen molar-refractivity contribution in [3.05, 3.63) is 12.2 Å². The van der Waals surface area contributed by atoms with Crippen molar-refractivity contribution in [2.24, 2.45) is 0 Å².